The van der Waals surface area contributed by atoms with Crippen LogP contribution in [0, 0.1) is 0 Å². The topological polar surface area (TPSA) is 55.2 Å². The van der Waals surface area contributed by atoms with Gasteiger partial charge in [0, 0.05) is 36.6 Å². The normalized spacial score (nSPS) is 20.8. The molecule has 1 amide bonds. The molecule has 1 aliphatic heterocycles. The van der Waals surface area contributed by atoms with Crippen molar-refractivity contribution in [3.63, 3.8) is 0 Å². The van der Waals surface area contributed by atoms with E-state index >= 15 is 0 Å². The number of carbonyl (C=O) groups is 1. The fraction of sp³-hybridized carbons (Fsp3) is 0.643. The summed E-state index contributed by atoms with van der Waals surface area (Å²) in [5.41, 5.74) is 0.750. The highest BCUT2D eigenvalue weighted by atomic mass is 32.2. The molecule has 1 atom stereocenters. The van der Waals surface area contributed by atoms with Gasteiger partial charge in [-0.15, -0.1) is 0 Å². The minimum Gasteiger partial charge on any atom is -0.339 e. The number of rotatable bonds is 3. The summed E-state index contributed by atoms with van der Waals surface area (Å²) in [6.07, 6.45) is 2.27. The minimum absolute atomic E-state index is 0.00727. The fourth-order valence-corrected chi connectivity index (χ4v) is 3.37. The van der Waals surface area contributed by atoms with Crippen LogP contribution in [-0.2, 0) is 4.79 Å². The molecule has 1 saturated heterocycles. The Morgan fingerprint density at radius 1 is 1.35 bits per heavy atom. The molecular formula is C14H19N3O2S. The van der Waals surface area contributed by atoms with Crippen molar-refractivity contribution in [3.05, 3.63) is 28.2 Å². The SMILES string of the molecule is CC(C(=O)N1CCSCC1)n1nc(C2CC2)ccc1=O. The lowest BCUT2D eigenvalue weighted by Gasteiger charge is -2.29. The Morgan fingerprint density at radius 3 is 2.70 bits per heavy atom. The van der Waals surface area contributed by atoms with E-state index in [0.29, 0.717) is 5.92 Å². The summed E-state index contributed by atoms with van der Waals surface area (Å²) >= 11 is 1.86. The molecule has 1 saturated carbocycles. The van der Waals surface area contributed by atoms with Gasteiger partial charge in [-0.05, 0) is 25.8 Å². The Bertz CT molecular complexity index is 562. The third-order valence-electron chi connectivity index (χ3n) is 3.89. The van der Waals surface area contributed by atoms with Gasteiger partial charge >= 0.3 is 0 Å². The van der Waals surface area contributed by atoms with E-state index in [1.54, 1.807) is 13.0 Å². The van der Waals surface area contributed by atoms with Gasteiger partial charge in [-0.2, -0.15) is 16.9 Å². The molecule has 2 aliphatic rings. The third kappa shape index (κ3) is 2.75. The molecule has 3 rings (SSSR count). The van der Waals surface area contributed by atoms with Crippen LogP contribution >= 0.6 is 11.8 Å². The van der Waals surface area contributed by atoms with Crippen molar-refractivity contribution in [1.29, 1.82) is 0 Å². The Labute approximate surface area is 122 Å². The van der Waals surface area contributed by atoms with Gasteiger partial charge in [0.05, 0.1) is 5.69 Å². The highest BCUT2D eigenvalue weighted by molar-refractivity contribution is 7.99. The molecule has 0 aromatic carbocycles. The molecule has 1 aromatic rings. The maximum Gasteiger partial charge on any atom is 0.267 e. The summed E-state index contributed by atoms with van der Waals surface area (Å²) in [4.78, 5) is 26.3. The van der Waals surface area contributed by atoms with Gasteiger partial charge in [-0.3, -0.25) is 9.59 Å². The average molecular weight is 293 g/mol. The van der Waals surface area contributed by atoms with Crippen LogP contribution < -0.4 is 5.56 Å². The molecule has 108 valence electrons. The minimum atomic E-state index is -0.510. The first-order valence-corrected chi connectivity index (χ1v) is 8.28. The van der Waals surface area contributed by atoms with E-state index in [1.165, 1.54) is 10.7 Å². The zero-order valence-corrected chi connectivity index (χ0v) is 12.4. The number of thioether (sulfide) groups is 1. The molecule has 2 heterocycles. The van der Waals surface area contributed by atoms with E-state index in [0.717, 1.165) is 43.1 Å². The van der Waals surface area contributed by atoms with Crippen LogP contribution in [0.4, 0.5) is 0 Å². The van der Waals surface area contributed by atoms with Gasteiger partial charge in [0.2, 0.25) is 5.91 Å². The van der Waals surface area contributed by atoms with Crippen molar-refractivity contribution in [2.45, 2.75) is 31.7 Å². The average Bonchev–Trinajstić information content (AvgIpc) is 3.32. The lowest BCUT2D eigenvalue weighted by molar-refractivity contribution is -0.134. The van der Waals surface area contributed by atoms with E-state index in [1.807, 2.05) is 16.7 Å². The lowest BCUT2D eigenvalue weighted by Crippen LogP contribution is -2.43. The lowest BCUT2D eigenvalue weighted by atomic mass is 10.2. The summed E-state index contributed by atoms with van der Waals surface area (Å²) in [7, 11) is 0. The summed E-state index contributed by atoms with van der Waals surface area (Å²) in [6.45, 7) is 3.31. The Kier molecular flexibility index (Phi) is 3.83. The molecule has 0 spiro atoms. The van der Waals surface area contributed by atoms with Crippen LogP contribution in [0.5, 0.6) is 0 Å². The Balaban J connectivity index is 1.81. The van der Waals surface area contributed by atoms with Gasteiger partial charge in [-0.1, -0.05) is 0 Å². The van der Waals surface area contributed by atoms with Gasteiger partial charge in [-0.25, -0.2) is 4.68 Å². The first-order chi connectivity index (χ1) is 9.66. The summed E-state index contributed by atoms with van der Waals surface area (Å²) in [6, 6.07) is 2.83. The van der Waals surface area contributed by atoms with Crippen LogP contribution in [0.1, 0.15) is 37.4 Å². The smallest absolute Gasteiger partial charge is 0.267 e. The quantitative estimate of drug-likeness (QED) is 0.842. The van der Waals surface area contributed by atoms with E-state index in [4.69, 9.17) is 0 Å². The molecule has 6 heteroatoms. The van der Waals surface area contributed by atoms with Crippen LogP contribution in [0.15, 0.2) is 16.9 Å². The predicted molar refractivity (Wildman–Crippen MR) is 79.1 cm³/mol. The maximum atomic E-state index is 12.5. The molecule has 2 fully saturated rings. The largest absolute Gasteiger partial charge is 0.339 e. The second-order valence-corrected chi connectivity index (χ2v) is 6.65. The molecule has 1 unspecified atom stereocenters. The van der Waals surface area contributed by atoms with Crippen LogP contribution in [0.3, 0.4) is 0 Å². The van der Waals surface area contributed by atoms with E-state index in [-0.39, 0.29) is 11.5 Å². The predicted octanol–water partition coefficient (Wildman–Crippen LogP) is 1.26. The van der Waals surface area contributed by atoms with Crippen LogP contribution in [0.2, 0.25) is 0 Å². The second-order valence-electron chi connectivity index (χ2n) is 5.43. The monoisotopic (exact) mass is 293 g/mol. The van der Waals surface area contributed by atoms with Gasteiger partial charge in [0.25, 0.3) is 5.56 Å². The maximum absolute atomic E-state index is 12.5. The van der Waals surface area contributed by atoms with Crippen molar-refractivity contribution in [2.75, 3.05) is 24.6 Å². The number of hydrogen-bond acceptors (Lipinski definition) is 4. The molecule has 1 aromatic heterocycles. The van der Waals surface area contributed by atoms with E-state index < -0.39 is 6.04 Å². The van der Waals surface area contributed by atoms with Crippen LogP contribution in [-0.4, -0.2) is 45.2 Å². The standard InChI is InChI=1S/C14H19N3O2S/c1-10(14(19)16-6-8-20-9-7-16)17-13(18)5-4-12(15-17)11-2-3-11/h4-5,10-11H,2-3,6-9H2,1H3. The number of aromatic nitrogens is 2. The van der Waals surface area contributed by atoms with Gasteiger partial charge in [0.15, 0.2) is 0 Å². The Morgan fingerprint density at radius 2 is 2.05 bits per heavy atom. The molecule has 20 heavy (non-hydrogen) atoms. The first-order valence-electron chi connectivity index (χ1n) is 7.13. The second kappa shape index (κ2) is 5.60. The molecule has 5 nitrogen and oxygen atoms in total. The summed E-state index contributed by atoms with van der Waals surface area (Å²) in [5, 5.41) is 4.40. The summed E-state index contributed by atoms with van der Waals surface area (Å²) < 4.78 is 1.36. The van der Waals surface area contributed by atoms with Crippen molar-refractivity contribution >= 4 is 17.7 Å². The fourth-order valence-electron chi connectivity index (χ4n) is 2.47. The Hall–Kier alpha value is -1.30. The van der Waals surface area contributed by atoms with Crippen molar-refractivity contribution in [1.82, 2.24) is 14.7 Å². The molecule has 1 aliphatic carbocycles. The van der Waals surface area contributed by atoms with E-state index in [2.05, 4.69) is 5.10 Å². The number of hydrogen-bond donors (Lipinski definition) is 0. The highest BCUT2D eigenvalue weighted by Crippen LogP contribution is 2.38. The zero-order chi connectivity index (χ0) is 14.1. The van der Waals surface area contributed by atoms with Crippen LogP contribution in [0.25, 0.3) is 0 Å². The number of amides is 1. The van der Waals surface area contributed by atoms with Gasteiger partial charge in [0.1, 0.15) is 6.04 Å². The number of nitrogens with zero attached hydrogens (tertiary/aromatic N) is 3. The molecular weight excluding hydrogens is 274 g/mol. The van der Waals surface area contributed by atoms with Crippen molar-refractivity contribution < 1.29 is 4.79 Å². The van der Waals surface area contributed by atoms with Crippen molar-refractivity contribution in [2.24, 2.45) is 0 Å². The van der Waals surface area contributed by atoms with Gasteiger partial charge < -0.3 is 4.90 Å². The first kappa shape index (κ1) is 13.7. The van der Waals surface area contributed by atoms with Crippen molar-refractivity contribution in [3.8, 4) is 0 Å². The highest BCUT2D eigenvalue weighted by Gasteiger charge is 2.28. The third-order valence-corrected chi connectivity index (χ3v) is 4.83. The zero-order valence-electron chi connectivity index (χ0n) is 11.6. The summed E-state index contributed by atoms with van der Waals surface area (Å²) in [5.74, 6) is 2.44. The molecule has 0 N–H and O–H groups in total. The number of carbonyl (C=O) groups excluding carboxylic acids is 1. The van der Waals surface area contributed by atoms with E-state index in [9.17, 15) is 9.59 Å². The molecule has 0 bridgehead atoms. The molecule has 0 radical (unpaired) electrons.